The number of pyridine rings is 1. The first-order valence-electron chi connectivity index (χ1n) is 12.3. The van der Waals surface area contributed by atoms with Crippen LogP contribution >= 0.6 is 0 Å². The minimum atomic E-state index is -0.423. The second-order valence-electron chi connectivity index (χ2n) is 10.6. The Morgan fingerprint density at radius 2 is 1.71 bits per heavy atom. The molecule has 0 unspecified atom stereocenters. The van der Waals surface area contributed by atoms with E-state index in [2.05, 4.69) is 28.1 Å². The molecule has 1 aliphatic rings. The molecule has 0 atom stereocenters. The number of fused-ring (bicyclic) bond motifs is 1. The molecule has 2 N–H and O–H groups in total. The predicted octanol–water partition coefficient (Wildman–Crippen LogP) is 4.87. The molecule has 1 aliphatic heterocycles. The lowest BCUT2D eigenvalue weighted by atomic mass is 9.93. The van der Waals surface area contributed by atoms with Crippen molar-refractivity contribution in [2.75, 3.05) is 13.1 Å². The highest BCUT2D eigenvalue weighted by Crippen LogP contribution is 2.30. The Hall–Kier alpha value is -3.25. The Kier molecular flexibility index (Phi) is 7.51. The summed E-state index contributed by atoms with van der Waals surface area (Å²) in [5, 5.41) is 2.27. The predicted molar refractivity (Wildman–Crippen MR) is 139 cm³/mol. The average molecular weight is 474 g/mol. The van der Waals surface area contributed by atoms with E-state index < -0.39 is 5.60 Å². The van der Waals surface area contributed by atoms with E-state index in [0.717, 1.165) is 54.6 Å². The van der Waals surface area contributed by atoms with Crippen LogP contribution in [0.4, 0.5) is 0 Å². The number of ether oxygens (including phenoxy) is 1. The molecule has 0 aliphatic carbocycles. The molecule has 1 fully saturated rings. The van der Waals surface area contributed by atoms with Crippen molar-refractivity contribution < 1.29 is 14.3 Å². The number of carbonyl (C=O) groups excluding carboxylic acids is 2. The number of nitrogens with zero attached hydrogens (tertiary/aromatic N) is 2. The first-order chi connectivity index (χ1) is 16.7. The summed E-state index contributed by atoms with van der Waals surface area (Å²) in [6.45, 7) is 8.59. The third-order valence-corrected chi connectivity index (χ3v) is 6.46. The van der Waals surface area contributed by atoms with Crippen molar-refractivity contribution in [1.82, 2.24) is 9.88 Å². The number of hydrogen-bond donors (Lipinski definition) is 1. The summed E-state index contributed by atoms with van der Waals surface area (Å²) in [6.07, 6.45) is 6.57. The number of hydrogen-bond acceptors (Lipinski definition) is 5. The molecule has 0 bridgehead atoms. The van der Waals surface area contributed by atoms with Crippen LogP contribution in [0.3, 0.4) is 0 Å². The summed E-state index contributed by atoms with van der Waals surface area (Å²) in [6, 6.07) is 14.5. The minimum absolute atomic E-state index is 0.0886. The molecule has 1 aromatic heterocycles. The maximum atomic E-state index is 12.2. The van der Waals surface area contributed by atoms with Gasteiger partial charge in [0.05, 0.1) is 6.42 Å². The Morgan fingerprint density at radius 1 is 1.03 bits per heavy atom. The van der Waals surface area contributed by atoms with Crippen LogP contribution in [-0.2, 0) is 27.3 Å². The molecular weight excluding hydrogens is 438 g/mol. The van der Waals surface area contributed by atoms with Crippen molar-refractivity contribution in [2.24, 2.45) is 11.7 Å². The van der Waals surface area contributed by atoms with Gasteiger partial charge < -0.3 is 10.5 Å². The summed E-state index contributed by atoms with van der Waals surface area (Å²) in [4.78, 5) is 30.3. The summed E-state index contributed by atoms with van der Waals surface area (Å²) >= 11 is 0. The average Bonchev–Trinajstić information content (AvgIpc) is 2.79. The minimum Gasteiger partial charge on any atom is -0.460 e. The number of benzene rings is 2. The standard InChI is InChI=1S/C29H35N3O3/c1-29(2,3)35-28(34)16-21-10-12-32(13-11-21)19-22-6-9-24-17-31-18-26(25(24)14-22)23-7-4-20(5-8-23)15-27(30)33/h4-9,14,17-18,21H,10-13,15-16,19H2,1-3H3,(H2,30,33). The smallest absolute Gasteiger partial charge is 0.306 e. The number of aromatic nitrogens is 1. The lowest BCUT2D eigenvalue weighted by Gasteiger charge is -2.32. The lowest BCUT2D eigenvalue weighted by molar-refractivity contribution is -0.156. The molecule has 3 aromatic rings. The molecule has 6 heteroatoms. The van der Waals surface area contributed by atoms with Gasteiger partial charge in [-0.25, -0.2) is 0 Å². The zero-order valence-electron chi connectivity index (χ0n) is 20.9. The van der Waals surface area contributed by atoms with Crippen LogP contribution in [0.25, 0.3) is 21.9 Å². The van der Waals surface area contributed by atoms with Crippen LogP contribution in [0.1, 0.15) is 51.2 Å². The summed E-state index contributed by atoms with van der Waals surface area (Å²) in [5.41, 5.74) is 9.21. The van der Waals surface area contributed by atoms with Crippen molar-refractivity contribution in [3.8, 4) is 11.1 Å². The molecule has 0 spiro atoms. The van der Waals surface area contributed by atoms with Crippen LogP contribution in [-0.4, -0.2) is 40.5 Å². The number of nitrogens with two attached hydrogens (primary N) is 1. The van der Waals surface area contributed by atoms with Crippen LogP contribution in [0.2, 0.25) is 0 Å². The fourth-order valence-electron chi connectivity index (χ4n) is 4.77. The largest absolute Gasteiger partial charge is 0.460 e. The monoisotopic (exact) mass is 473 g/mol. The van der Waals surface area contributed by atoms with Gasteiger partial charge in [-0.2, -0.15) is 0 Å². The topological polar surface area (TPSA) is 85.5 Å². The van der Waals surface area contributed by atoms with Gasteiger partial charge in [-0.1, -0.05) is 36.4 Å². The normalized spacial score (nSPS) is 15.3. The molecule has 1 amide bonds. The Labute approximate surface area is 207 Å². The van der Waals surface area contributed by atoms with Gasteiger partial charge in [-0.15, -0.1) is 0 Å². The zero-order chi connectivity index (χ0) is 25.0. The summed E-state index contributed by atoms with van der Waals surface area (Å²) < 4.78 is 5.50. The molecule has 0 saturated carbocycles. The quantitative estimate of drug-likeness (QED) is 0.495. The van der Waals surface area contributed by atoms with E-state index in [0.29, 0.717) is 12.3 Å². The van der Waals surface area contributed by atoms with Crippen molar-refractivity contribution in [2.45, 2.75) is 58.6 Å². The molecule has 2 aromatic carbocycles. The summed E-state index contributed by atoms with van der Waals surface area (Å²) in [5.74, 6) is -0.0229. The van der Waals surface area contributed by atoms with Gasteiger partial charge in [0.15, 0.2) is 0 Å². The fourth-order valence-corrected chi connectivity index (χ4v) is 4.77. The Balaban J connectivity index is 1.42. The molecule has 184 valence electrons. The zero-order valence-corrected chi connectivity index (χ0v) is 20.9. The van der Waals surface area contributed by atoms with Crippen LogP contribution in [0.15, 0.2) is 54.9 Å². The van der Waals surface area contributed by atoms with E-state index in [-0.39, 0.29) is 18.3 Å². The highest BCUT2D eigenvalue weighted by molar-refractivity contribution is 5.96. The molecule has 0 radical (unpaired) electrons. The second kappa shape index (κ2) is 10.6. The van der Waals surface area contributed by atoms with Gasteiger partial charge in [0.1, 0.15) is 5.60 Å². The third kappa shape index (κ3) is 6.89. The van der Waals surface area contributed by atoms with Gasteiger partial charge in [0.2, 0.25) is 5.91 Å². The number of carbonyl (C=O) groups is 2. The summed E-state index contributed by atoms with van der Waals surface area (Å²) in [7, 11) is 0. The SMILES string of the molecule is CC(C)(C)OC(=O)CC1CCN(Cc2ccc3cncc(-c4ccc(CC(N)=O)cc4)c3c2)CC1. The molecule has 2 heterocycles. The number of rotatable bonds is 7. The second-order valence-corrected chi connectivity index (χ2v) is 10.6. The fraction of sp³-hybridized carbons (Fsp3) is 0.414. The number of piperidine rings is 1. The molecular formula is C29H35N3O3. The van der Waals surface area contributed by atoms with E-state index in [4.69, 9.17) is 10.5 Å². The van der Waals surface area contributed by atoms with E-state index in [1.54, 1.807) is 0 Å². The van der Waals surface area contributed by atoms with E-state index in [1.165, 1.54) is 10.9 Å². The maximum absolute atomic E-state index is 12.2. The van der Waals surface area contributed by atoms with E-state index in [1.807, 2.05) is 57.4 Å². The number of likely N-dealkylation sites (tertiary alicyclic amines) is 1. The van der Waals surface area contributed by atoms with Gasteiger partial charge in [-0.3, -0.25) is 19.5 Å². The molecule has 35 heavy (non-hydrogen) atoms. The van der Waals surface area contributed by atoms with Crippen LogP contribution in [0, 0.1) is 5.92 Å². The molecule has 4 rings (SSSR count). The van der Waals surface area contributed by atoms with E-state index >= 15 is 0 Å². The first kappa shape index (κ1) is 24.9. The lowest BCUT2D eigenvalue weighted by Crippen LogP contribution is -2.34. The Bertz CT molecular complexity index is 1190. The molecule has 1 saturated heterocycles. The highest BCUT2D eigenvalue weighted by atomic mass is 16.6. The van der Waals surface area contributed by atoms with Crippen LogP contribution < -0.4 is 5.73 Å². The van der Waals surface area contributed by atoms with Gasteiger partial charge in [-0.05, 0) is 80.8 Å². The van der Waals surface area contributed by atoms with Crippen molar-refractivity contribution >= 4 is 22.6 Å². The number of amides is 1. The van der Waals surface area contributed by atoms with Gasteiger partial charge in [0.25, 0.3) is 0 Å². The Morgan fingerprint density at radius 3 is 2.37 bits per heavy atom. The first-order valence-corrected chi connectivity index (χ1v) is 12.3. The molecule has 6 nitrogen and oxygen atoms in total. The third-order valence-electron chi connectivity index (χ3n) is 6.46. The number of primary amides is 1. The van der Waals surface area contributed by atoms with Crippen molar-refractivity contribution in [1.29, 1.82) is 0 Å². The van der Waals surface area contributed by atoms with Crippen molar-refractivity contribution in [3.63, 3.8) is 0 Å². The number of esters is 1. The van der Waals surface area contributed by atoms with Crippen LogP contribution in [0.5, 0.6) is 0 Å². The van der Waals surface area contributed by atoms with Crippen molar-refractivity contribution in [3.05, 3.63) is 66.0 Å². The highest BCUT2D eigenvalue weighted by Gasteiger charge is 2.24. The van der Waals surface area contributed by atoms with Gasteiger partial charge >= 0.3 is 5.97 Å². The van der Waals surface area contributed by atoms with Gasteiger partial charge in [0, 0.05) is 36.3 Å². The van der Waals surface area contributed by atoms with E-state index in [9.17, 15) is 9.59 Å². The maximum Gasteiger partial charge on any atom is 0.306 e.